The lowest BCUT2D eigenvalue weighted by atomic mass is 9.89. The molecule has 0 amide bonds. The highest BCUT2D eigenvalue weighted by Crippen LogP contribution is 2.33. The molecule has 0 aromatic heterocycles. The van der Waals surface area contributed by atoms with Crippen molar-refractivity contribution in [1.82, 2.24) is 0 Å². The van der Waals surface area contributed by atoms with Gasteiger partial charge in [0, 0.05) is 0 Å². The summed E-state index contributed by atoms with van der Waals surface area (Å²) >= 11 is 0. The molecule has 0 aliphatic heterocycles. The van der Waals surface area contributed by atoms with E-state index in [1.54, 1.807) is 7.11 Å². The fourth-order valence-electron chi connectivity index (χ4n) is 2.34. The summed E-state index contributed by atoms with van der Waals surface area (Å²) in [4.78, 5) is 0. The van der Waals surface area contributed by atoms with Gasteiger partial charge in [-0.25, -0.2) is 0 Å². The Bertz CT molecular complexity index is 644. The number of nitriles is 1. The van der Waals surface area contributed by atoms with Gasteiger partial charge < -0.3 is 9.47 Å². The van der Waals surface area contributed by atoms with Crippen LogP contribution in [0.25, 0.3) is 0 Å². The Morgan fingerprint density at radius 2 is 1.77 bits per heavy atom. The lowest BCUT2D eigenvalue weighted by molar-refractivity contribution is 0.284. The van der Waals surface area contributed by atoms with Crippen molar-refractivity contribution in [3.8, 4) is 17.6 Å². The van der Waals surface area contributed by atoms with Gasteiger partial charge in [0.2, 0.25) is 0 Å². The maximum atomic E-state index is 9.31. The molecular formula is C19H21NO2. The van der Waals surface area contributed by atoms with Gasteiger partial charge in [-0.2, -0.15) is 5.26 Å². The summed E-state index contributed by atoms with van der Waals surface area (Å²) in [5.74, 6) is 1.47. The van der Waals surface area contributed by atoms with Gasteiger partial charge in [-0.3, -0.25) is 0 Å². The Kier molecular flexibility index (Phi) is 5.43. The molecule has 1 unspecified atom stereocenters. The Hall–Kier alpha value is -2.47. The highest BCUT2D eigenvalue weighted by atomic mass is 16.5. The third-order valence-electron chi connectivity index (χ3n) is 3.59. The quantitative estimate of drug-likeness (QED) is 0.786. The second kappa shape index (κ2) is 7.51. The Labute approximate surface area is 132 Å². The number of hydrogen-bond donors (Lipinski definition) is 0. The van der Waals surface area contributed by atoms with E-state index >= 15 is 0 Å². The van der Waals surface area contributed by atoms with Crippen LogP contribution in [0, 0.1) is 17.2 Å². The highest BCUT2D eigenvalue weighted by Gasteiger charge is 2.17. The zero-order chi connectivity index (χ0) is 15.9. The van der Waals surface area contributed by atoms with Crippen LogP contribution >= 0.6 is 0 Å². The molecule has 0 aliphatic rings. The molecule has 1 atom stereocenters. The molecular weight excluding hydrogens is 274 g/mol. The molecule has 0 aliphatic carbocycles. The van der Waals surface area contributed by atoms with Gasteiger partial charge in [0.05, 0.1) is 19.1 Å². The van der Waals surface area contributed by atoms with Gasteiger partial charge in [0.15, 0.2) is 11.5 Å². The van der Waals surface area contributed by atoms with Crippen molar-refractivity contribution >= 4 is 0 Å². The van der Waals surface area contributed by atoms with Crippen molar-refractivity contribution < 1.29 is 9.47 Å². The minimum absolute atomic E-state index is 0.142. The summed E-state index contributed by atoms with van der Waals surface area (Å²) in [6.07, 6.45) is 0. The van der Waals surface area contributed by atoms with Gasteiger partial charge in [0.25, 0.3) is 0 Å². The molecule has 0 saturated heterocycles. The Morgan fingerprint density at radius 1 is 1.05 bits per heavy atom. The maximum Gasteiger partial charge on any atom is 0.161 e. The third-order valence-corrected chi connectivity index (χ3v) is 3.59. The molecule has 114 valence electrons. The highest BCUT2D eigenvalue weighted by molar-refractivity contribution is 5.45. The maximum absolute atomic E-state index is 9.31. The SMILES string of the molecule is COc1cc(C(C#N)C(C)C)ccc1OCc1ccccc1. The van der Waals surface area contributed by atoms with E-state index in [1.165, 1.54) is 0 Å². The topological polar surface area (TPSA) is 42.2 Å². The number of rotatable bonds is 6. The standard InChI is InChI=1S/C19H21NO2/c1-14(2)17(12-20)16-9-10-18(19(11-16)21-3)22-13-15-7-5-4-6-8-15/h4-11,14,17H,13H2,1-3H3. The first-order valence-electron chi connectivity index (χ1n) is 7.40. The van der Waals surface area contributed by atoms with E-state index in [2.05, 4.69) is 6.07 Å². The van der Waals surface area contributed by atoms with E-state index in [4.69, 9.17) is 9.47 Å². The van der Waals surface area contributed by atoms with E-state index in [0.29, 0.717) is 18.1 Å². The van der Waals surface area contributed by atoms with Gasteiger partial charge >= 0.3 is 0 Å². The molecule has 0 heterocycles. The van der Waals surface area contributed by atoms with Crippen molar-refractivity contribution in [1.29, 1.82) is 5.26 Å². The van der Waals surface area contributed by atoms with Gasteiger partial charge in [-0.15, -0.1) is 0 Å². The molecule has 22 heavy (non-hydrogen) atoms. The predicted molar refractivity (Wildman–Crippen MR) is 87.0 cm³/mol. The molecule has 2 rings (SSSR count). The lowest BCUT2D eigenvalue weighted by Crippen LogP contribution is -2.05. The van der Waals surface area contributed by atoms with Crippen molar-refractivity contribution in [2.45, 2.75) is 26.4 Å². The van der Waals surface area contributed by atoms with Crippen LogP contribution in [0.3, 0.4) is 0 Å². The monoisotopic (exact) mass is 295 g/mol. The normalized spacial score (nSPS) is 11.8. The summed E-state index contributed by atoms with van der Waals surface area (Å²) < 4.78 is 11.2. The van der Waals surface area contributed by atoms with Crippen molar-refractivity contribution in [2.75, 3.05) is 7.11 Å². The number of hydrogen-bond acceptors (Lipinski definition) is 3. The van der Waals surface area contributed by atoms with Crippen LogP contribution < -0.4 is 9.47 Å². The molecule has 2 aromatic rings. The first-order valence-corrected chi connectivity index (χ1v) is 7.40. The molecule has 0 saturated carbocycles. The van der Waals surface area contributed by atoms with Gasteiger partial charge in [0.1, 0.15) is 6.61 Å². The van der Waals surface area contributed by atoms with Crippen molar-refractivity contribution in [3.05, 3.63) is 59.7 Å². The average molecular weight is 295 g/mol. The number of ether oxygens (including phenoxy) is 2. The number of methoxy groups -OCH3 is 1. The molecule has 3 nitrogen and oxygen atoms in total. The molecule has 0 bridgehead atoms. The number of nitrogens with zero attached hydrogens (tertiary/aromatic N) is 1. The minimum Gasteiger partial charge on any atom is -0.493 e. The molecule has 0 radical (unpaired) electrons. The largest absolute Gasteiger partial charge is 0.493 e. The first kappa shape index (κ1) is 15.9. The zero-order valence-corrected chi connectivity index (χ0v) is 13.2. The zero-order valence-electron chi connectivity index (χ0n) is 13.2. The molecule has 0 N–H and O–H groups in total. The van der Waals surface area contributed by atoms with E-state index in [9.17, 15) is 5.26 Å². The summed E-state index contributed by atoms with van der Waals surface area (Å²) in [5, 5.41) is 9.31. The Morgan fingerprint density at radius 3 is 2.36 bits per heavy atom. The Balaban J connectivity index is 2.17. The summed E-state index contributed by atoms with van der Waals surface area (Å²) in [6, 6.07) is 18.1. The van der Waals surface area contributed by atoms with Gasteiger partial charge in [-0.05, 0) is 29.2 Å². The van der Waals surface area contributed by atoms with Crippen LogP contribution in [-0.2, 0) is 6.61 Å². The molecule has 0 fully saturated rings. The van der Waals surface area contributed by atoms with Gasteiger partial charge in [-0.1, -0.05) is 50.2 Å². The smallest absolute Gasteiger partial charge is 0.161 e. The summed E-state index contributed by atoms with van der Waals surface area (Å²) in [7, 11) is 1.62. The van der Waals surface area contributed by atoms with Crippen molar-refractivity contribution in [3.63, 3.8) is 0 Å². The lowest BCUT2D eigenvalue weighted by Gasteiger charge is -2.16. The first-order chi connectivity index (χ1) is 10.7. The van der Waals surface area contributed by atoms with Crippen LogP contribution in [-0.4, -0.2) is 7.11 Å². The van der Waals surface area contributed by atoms with E-state index in [-0.39, 0.29) is 11.8 Å². The average Bonchev–Trinajstić information content (AvgIpc) is 2.54. The van der Waals surface area contributed by atoms with E-state index in [1.807, 2.05) is 62.4 Å². The van der Waals surface area contributed by atoms with Crippen LogP contribution in [0.1, 0.15) is 30.9 Å². The van der Waals surface area contributed by atoms with E-state index in [0.717, 1.165) is 11.1 Å². The molecule has 0 spiro atoms. The number of benzene rings is 2. The minimum atomic E-state index is -0.142. The molecule has 3 heteroatoms. The predicted octanol–water partition coefficient (Wildman–Crippen LogP) is 4.54. The van der Waals surface area contributed by atoms with E-state index < -0.39 is 0 Å². The second-order valence-electron chi connectivity index (χ2n) is 5.54. The van der Waals surface area contributed by atoms with Crippen molar-refractivity contribution in [2.24, 2.45) is 5.92 Å². The fourth-order valence-corrected chi connectivity index (χ4v) is 2.34. The van der Waals surface area contributed by atoms with Crippen LogP contribution in [0.2, 0.25) is 0 Å². The summed E-state index contributed by atoms with van der Waals surface area (Å²) in [6.45, 7) is 4.57. The second-order valence-corrected chi connectivity index (χ2v) is 5.54. The fraction of sp³-hybridized carbons (Fsp3) is 0.316. The van der Waals surface area contributed by atoms with Crippen LogP contribution in [0.15, 0.2) is 48.5 Å². The third kappa shape index (κ3) is 3.79. The van der Waals surface area contributed by atoms with Crippen LogP contribution in [0.4, 0.5) is 0 Å². The van der Waals surface area contributed by atoms with Crippen LogP contribution in [0.5, 0.6) is 11.5 Å². The molecule has 2 aromatic carbocycles. The summed E-state index contributed by atoms with van der Waals surface area (Å²) in [5.41, 5.74) is 2.06.